The third kappa shape index (κ3) is 3.00. The number of hydrogen-bond acceptors (Lipinski definition) is 2. The van der Waals surface area contributed by atoms with Crippen molar-refractivity contribution in [3.63, 3.8) is 0 Å². The fourth-order valence-corrected chi connectivity index (χ4v) is 2.13. The second-order valence-electron chi connectivity index (χ2n) is 5.00. The Morgan fingerprint density at radius 3 is 3.06 bits per heavy atom. The average Bonchev–Trinajstić information content (AvgIpc) is 3.04. The predicted molar refractivity (Wildman–Crippen MR) is 67.5 cm³/mol. The van der Waals surface area contributed by atoms with Gasteiger partial charge < -0.3 is 9.88 Å². The summed E-state index contributed by atoms with van der Waals surface area (Å²) < 4.78 is 2.26. The quantitative estimate of drug-likeness (QED) is 0.717. The van der Waals surface area contributed by atoms with Crippen molar-refractivity contribution in [3.8, 4) is 0 Å². The van der Waals surface area contributed by atoms with E-state index in [4.69, 9.17) is 0 Å². The van der Waals surface area contributed by atoms with Crippen LogP contribution in [0.15, 0.2) is 12.4 Å². The Bertz CT molecular complexity index is 315. The van der Waals surface area contributed by atoms with Crippen LogP contribution in [0.1, 0.15) is 39.5 Å². The highest BCUT2D eigenvalue weighted by Crippen LogP contribution is 2.37. The van der Waals surface area contributed by atoms with E-state index in [1.807, 2.05) is 6.20 Å². The topological polar surface area (TPSA) is 29.9 Å². The first kappa shape index (κ1) is 11.5. The zero-order valence-corrected chi connectivity index (χ0v) is 10.4. The van der Waals surface area contributed by atoms with Crippen molar-refractivity contribution in [2.75, 3.05) is 11.9 Å². The van der Waals surface area contributed by atoms with Crippen LogP contribution >= 0.6 is 0 Å². The SMILES string of the molecule is CCCCNc1nccn1CC(C)C1CC1. The van der Waals surface area contributed by atoms with Gasteiger partial charge in [-0.15, -0.1) is 0 Å². The molecule has 1 aliphatic rings. The second kappa shape index (κ2) is 5.37. The zero-order valence-electron chi connectivity index (χ0n) is 10.4. The summed E-state index contributed by atoms with van der Waals surface area (Å²) in [6.45, 7) is 6.71. The monoisotopic (exact) mass is 221 g/mol. The van der Waals surface area contributed by atoms with E-state index in [2.05, 4.69) is 34.9 Å². The van der Waals surface area contributed by atoms with Crippen LogP contribution in [-0.2, 0) is 6.54 Å². The molecule has 1 aliphatic carbocycles. The molecule has 1 N–H and O–H groups in total. The average molecular weight is 221 g/mol. The third-order valence-electron chi connectivity index (χ3n) is 3.44. The number of rotatable bonds is 7. The van der Waals surface area contributed by atoms with Crippen molar-refractivity contribution >= 4 is 5.95 Å². The van der Waals surface area contributed by atoms with E-state index in [1.165, 1.54) is 25.7 Å². The minimum Gasteiger partial charge on any atom is -0.356 e. The Morgan fingerprint density at radius 1 is 1.56 bits per heavy atom. The fourth-order valence-electron chi connectivity index (χ4n) is 2.13. The van der Waals surface area contributed by atoms with Crippen LogP contribution in [0.5, 0.6) is 0 Å². The molecule has 1 atom stereocenters. The van der Waals surface area contributed by atoms with Crippen LogP contribution in [0.2, 0.25) is 0 Å². The molecule has 0 aliphatic heterocycles. The highest BCUT2D eigenvalue weighted by molar-refractivity contribution is 5.25. The Morgan fingerprint density at radius 2 is 2.38 bits per heavy atom. The number of nitrogens with zero attached hydrogens (tertiary/aromatic N) is 2. The van der Waals surface area contributed by atoms with Crippen molar-refractivity contribution in [1.29, 1.82) is 0 Å². The Balaban J connectivity index is 1.85. The molecule has 1 fully saturated rings. The minimum absolute atomic E-state index is 0.793. The van der Waals surface area contributed by atoms with E-state index in [0.717, 1.165) is 30.9 Å². The first-order chi connectivity index (χ1) is 7.81. The van der Waals surface area contributed by atoms with Gasteiger partial charge in [0.05, 0.1) is 0 Å². The maximum atomic E-state index is 4.37. The van der Waals surface area contributed by atoms with Gasteiger partial charge in [-0.25, -0.2) is 4.98 Å². The lowest BCUT2D eigenvalue weighted by Gasteiger charge is -2.14. The van der Waals surface area contributed by atoms with Gasteiger partial charge in [0.25, 0.3) is 0 Å². The molecule has 16 heavy (non-hydrogen) atoms. The minimum atomic E-state index is 0.793. The maximum absolute atomic E-state index is 4.37. The van der Waals surface area contributed by atoms with E-state index in [9.17, 15) is 0 Å². The summed E-state index contributed by atoms with van der Waals surface area (Å²) in [5.74, 6) is 2.80. The lowest BCUT2D eigenvalue weighted by atomic mass is 10.1. The Hall–Kier alpha value is -0.990. The van der Waals surface area contributed by atoms with Gasteiger partial charge >= 0.3 is 0 Å². The molecule has 1 saturated carbocycles. The number of imidazole rings is 1. The molecule has 2 rings (SSSR count). The molecule has 1 unspecified atom stereocenters. The van der Waals surface area contributed by atoms with Crippen molar-refractivity contribution in [3.05, 3.63) is 12.4 Å². The number of anilines is 1. The van der Waals surface area contributed by atoms with E-state index in [1.54, 1.807) is 0 Å². The first-order valence-electron chi connectivity index (χ1n) is 6.56. The summed E-state index contributed by atoms with van der Waals surface area (Å²) in [6.07, 6.45) is 9.28. The van der Waals surface area contributed by atoms with Gasteiger partial charge in [-0.2, -0.15) is 0 Å². The molecule has 90 valence electrons. The van der Waals surface area contributed by atoms with Gasteiger partial charge in [-0.1, -0.05) is 20.3 Å². The van der Waals surface area contributed by atoms with Crippen molar-refractivity contribution in [2.24, 2.45) is 11.8 Å². The summed E-state index contributed by atoms with van der Waals surface area (Å²) in [5.41, 5.74) is 0. The summed E-state index contributed by atoms with van der Waals surface area (Å²) in [4.78, 5) is 4.37. The molecule has 1 heterocycles. The second-order valence-corrected chi connectivity index (χ2v) is 5.00. The third-order valence-corrected chi connectivity index (χ3v) is 3.44. The van der Waals surface area contributed by atoms with Gasteiger partial charge in [0, 0.05) is 25.5 Å². The van der Waals surface area contributed by atoms with Crippen LogP contribution in [0.4, 0.5) is 5.95 Å². The summed E-state index contributed by atoms with van der Waals surface area (Å²) >= 11 is 0. The summed E-state index contributed by atoms with van der Waals surface area (Å²) in [7, 11) is 0. The van der Waals surface area contributed by atoms with Gasteiger partial charge in [-0.3, -0.25) is 0 Å². The molecule has 3 nitrogen and oxygen atoms in total. The highest BCUT2D eigenvalue weighted by atomic mass is 15.2. The first-order valence-corrected chi connectivity index (χ1v) is 6.56. The van der Waals surface area contributed by atoms with Crippen LogP contribution in [-0.4, -0.2) is 16.1 Å². The molecule has 1 aromatic rings. The molecule has 0 bridgehead atoms. The summed E-state index contributed by atoms with van der Waals surface area (Å²) in [5, 5.41) is 3.41. The van der Waals surface area contributed by atoms with Gasteiger partial charge in [0.1, 0.15) is 0 Å². The fraction of sp³-hybridized carbons (Fsp3) is 0.769. The molecule has 0 spiro atoms. The molecule has 0 amide bonds. The zero-order chi connectivity index (χ0) is 11.4. The molecule has 1 aromatic heterocycles. The highest BCUT2D eigenvalue weighted by Gasteiger charge is 2.28. The van der Waals surface area contributed by atoms with Crippen molar-refractivity contribution < 1.29 is 0 Å². The number of nitrogens with one attached hydrogen (secondary N) is 1. The van der Waals surface area contributed by atoms with Gasteiger partial charge in [0.2, 0.25) is 5.95 Å². The van der Waals surface area contributed by atoms with E-state index in [0.29, 0.717) is 0 Å². The largest absolute Gasteiger partial charge is 0.356 e. The standard InChI is InChI=1S/C13H23N3/c1-3-4-7-14-13-15-8-9-16(13)10-11(2)12-5-6-12/h8-9,11-12H,3-7,10H2,1-2H3,(H,14,15). The van der Waals surface area contributed by atoms with E-state index in [-0.39, 0.29) is 0 Å². The smallest absolute Gasteiger partial charge is 0.202 e. The lowest BCUT2D eigenvalue weighted by Crippen LogP contribution is -2.13. The van der Waals surface area contributed by atoms with Crippen LogP contribution < -0.4 is 5.32 Å². The molecule has 0 radical (unpaired) electrons. The number of hydrogen-bond donors (Lipinski definition) is 1. The van der Waals surface area contributed by atoms with E-state index < -0.39 is 0 Å². The van der Waals surface area contributed by atoms with Crippen molar-refractivity contribution in [1.82, 2.24) is 9.55 Å². The van der Waals surface area contributed by atoms with Crippen LogP contribution in [0.25, 0.3) is 0 Å². The number of unbranched alkanes of at least 4 members (excludes halogenated alkanes) is 1. The van der Waals surface area contributed by atoms with Crippen LogP contribution in [0.3, 0.4) is 0 Å². The Labute approximate surface area is 98.3 Å². The Kier molecular flexibility index (Phi) is 3.86. The normalized spacial score (nSPS) is 17.4. The van der Waals surface area contributed by atoms with Gasteiger partial charge in [0.15, 0.2) is 0 Å². The van der Waals surface area contributed by atoms with Crippen LogP contribution in [0, 0.1) is 11.8 Å². The molecule has 0 saturated heterocycles. The molecular weight excluding hydrogens is 198 g/mol. The lowest BCUT2D eigenvalue weighted by molar-refractivity contribution is 0.432. The van der Waals surface area contributed by atoms with Crippen molar-refractivity contribution in [2.45, 2.75) is 46.1 Å². The molecule has 0 aromatic carbocycles. The maximum Gasteiger partial charge on any atom is 0.202 e. The van der Waals surface area contributed by atoms with Gasteiger partial charge in [-0.05, 0) is 31.1 Å². The molecule has 3 heteroatoms. The summed E-state index contributed by atoms with van der Waals surface area (Å²) in [6, 6.07) is 0. The number of aromatic nitrogens is 2. The molecular formula is C13H23N3. The van der Waals surface area contributed by atoms with E-state index >= 15 is 0 Å². The predicted octanol–water partition coefficient (Wildman–Crippen LogP) is 3.14.